The summed E-state index contributed by atoms with van der Waals surface area (Å²) < 4.78 is 0. The molecule has 0 aromatic heterocycles. The first-order valence-electron chi connectivity index (χ1n) is 5.85. The molecule has 86 valence electrons. The molecule has 2 atom stereocenters. The number of carbonyl (C=O) groups excluding carboxylic acids is 1. The first-order valence-corrected chi connectivity index (χ1v) is 5.85. The summed E-state index contributed by atoms with van der Waals surface area (Å²) in [5, 5.41) is 2.98. The summed E-state index contributed by atoms with van der Waals surface area (Å²) in [4.78, 5) is 16.3. The molecule has 3 rings (SSSR count). The van der Waals surface area contributed by atoms with Crippen LogP contribution in [0.2, 0.25) is 0 Å². The van der Waals surface area contributed by atoms with E-state index in [1.807, 2.05) is 37.3 Å². The van der Waals surface area contributed by atoms with Crippen molar-refractivity contribution in [3.8, 4) is 0 Å². The molecule has 1 fully saturated rings. The van der Waals surface area contributed by atoms with E-state index >= 15 is 0 Å². The molecule has 0 saturated heterocycles. The Morgan fingerprint density at radius 2 is 2.12 bits per heavy atom. The monoisotopic (exact) mass is 226 g/mol. The van der Waals surface area contributed by atoms with Gasteiger partial charge in [-0.05, 0) is 31.6 Å². The Morgan fingerprint density at radius 1 is 1.35 bits per heavy atom. The first kappa shape index (κ1) is 10.3. The molecule has 1 aromatic carbocycles. The maximum absolute atomic E-state index is 12.0. The van der Waals surface area contributed by atoms with E-state index in [1.54, 1.807) is 6.21 Å². The molecule has 0 radical (unpaired) electrons. The number of rotatable bonds is 2. The Hall–Kier alpha value is -1.90. The SMILES string of the molecule is Cc1ccc(C(=O)NC2=CC=NC3CC23)cc1. The highest BCUT2D eigenvalue weighted by molar-refractivity contribution is 5.96. The van der Waals surface area contributed by atoms with Crippen molar-refractivity contribution >= 4 is 12.1 Å². The minimum atomic E-state index is -0.0304. The fourth-order valence-electron chi connectivity index (χ4n) is 2.08. The van der Waals surface area contributed by atoms with Crippen LogP contribution in [0.3, 0.4) is 0 Å². The second-order valence-electron chi connectivity index (χ2n) is 4.65. The van der Waals surface area contributed by atoms with Crippen LogP contribution >= 0.6 is 0 Å². The highest BCUT2D eigenvalue weighted by Gasteiger charge is 2.41. The van der Waals surface area contributed by atoms with Gasteiger partial charge in [-0.25, -0.2) is 0 Å². The smallest absolute Gasteiger partial charge is 0.255 e. The zero-order chi connectivity index (χ0) is 11.8. The lowest BCUT2D eigenvalue weighted by Gasteiger charge is -2.10. The number of allylic oxidation sites excluding steroid dienone is 1. The average molecular weight is 226 g/mol. The van der Waals surface area contributed by atoms with E-state index in [0.29, 0.717) is 17.5 Å². The Balaban J connectivity index is 1.73. The molecule has 1 aliphatic heterocycles. The number of nitrogens with one attached hydrogen (secondary N) is 1. The van der Waals surface area contributed by atoms with Crippen LogP contribution in [0.5, 0.6) is 0 Å². The number of hydrogen-bond acceptors (Lipinski definition) is 2. The van der Waals surface area contributed by atoms with Gasteiger partial charge in [0.05, 0.1) is 6.04 Å². The highest BCUT2D eigenvalue weighted by Crippen LogP contribution is 2.40. The molecule has 1 aromatic rings. The van der Waals surface area contributed by atoms with Crippen molar-refractivity contribution in [2.75, 3.05) is 0 Å². The molecule has 0 bridgehead atoms. The summed E-state index contributed by atoms with van der Waals surface area (Å²) in [6.45, 7) is 2.01. The lowest BCUT2D eigenvalue weighted by atomic mass is 10.1. The van der Waals surface area contributed by atoms with Gasteiger partial charge in [0.15, 0.2) is 0 Å². The van der Waals surface area contributed by atoms with E-state index in [1.165, 1.54) is 0 Å². The van der Waals surface area contributed by atoms with Crippen LogP contribution in [-0.4, -0.2) is 18.2 Å². The zero-order valence-corrected chi connectivity index (χ0v) is 9.68. The number of nitrogens with zero attached hydrogens (tertiary/aromatic N) is 1. The van der Waals surface area contributed by atoms with E-state index in [2.05, 4.69) is 10.3 Å². The van der Waals surface area contributed by atoms with E-state index in [9.17, 15) is 4.79 Å². The first-order chi connectivity index (χ1) is 8.24. The molecule has 1 aliphatic carbocycles. The Labute approximate surface area is 100 Å². The van der Waals surface area contributed by atoms with Gasteiger partial charge in [0.25, 0.3) is 5.91 Å². The number of dihydropyridines is 1. The van der Waals surface area contributed by atoms with Crippen LogP contribution in [0.25, 0.3) is 0 Å². The van der Waals surface area contributed by atoms with Crippen LogP contribution in [0, 0.1) is 12.8 Å². The van der Waals surface area contributed by atoms with E-state index in [-0.39, 0.29) is 5.91 Å². The second kappa shape index (κ2) is 3.84. The molecule has 0 spiro atoms. The number of aryl methyl sites for hydroxylation is 1. The molecule has 1 saturated carbocycles. The number of benzene rings is 1. The third kappa shape index (κ3) is 2.00. The summed E-state index contributed by atoms with van der Waals surface area (Å²) in [5.41, 5.74) is 2.87. The van der Waals surface area contributed by atoms with Crippen LogP contribution < -0.4 is 5.32 Å². The summed E-state index contributed by atoms with van der Waals surface area (Å²) >= 11 is 0. The normalized spacial score (nSPS) is 24.9. The van der Waals surface area contributed by atoms with E-state index in [4.69, 9.17) is 0 Å². The summed E-state index contributed by atoms with van der Waals surface area (Å²) in [6, 6.07) is 8.02. The summed E-state index contributed by atoms with van der Waals surface area (Å²) in [5.74, 6) is 0.409. The molecular weight excluding hydrogens is 212 g/mol. The average Bonchev–Trinajstić information content (AvgIpc) is 3.10. The van der Waals surface area contributed by atoms with Gasteiger partial charge in [0.2, 0.25) is 0 Å². The molecular formula is C14H14N2O. The number of aliphatic imine (C=N–C) groups is 1. The fourth-order valence-corrected chi connectivity index (χ4v) is 2.08. The molecule has 3 nitrogen and oxygen atoms in total. The van der Waals surface area contributed by atoms with E-state index < -0.39 is 0 Å². The molecule has 1 N–H and O–H groups in total. The minimum Gasteiger partial charge on any atom is -0.325 e. The maximum Gasteiger partial charge on any atom is 0.255 e. The van der Waals surface area contributed by atoms with E-state index in [0.717, 1.165) is 17.7 Å². The predicted octanol–water partition coefficient (Wildman–Crippen LogP) is 2.08. The molecule has 3 heteroatoms. The van der Waals surface area contributed by atoms with Crippen molar-refractivity contribution in [2.24, 2.45) is 10.9 Å². The van der Waals surface area contributed by atoms with Gasteiger partial charge >= 0.3 is 0 Å². The van der Waals surface area contributed by atoms with Gasteiger partial charge < -0.3 is 5.32 Å². The fraction of sp³-hybridized carbons (Fsp3) is 0.286. The Kier molecular flexibility index (Phi) is 2.32. The number of carbonyl (C=O) groups is 1. The van der Waals surface area contributed by atoms with Gasteiger partial charge in [-0.1, -0.05) is 17.7 Å². The van der Waals surface area contributed by atoms with Gasteiger partial charge in [-0.2, -0.15) is 0 Å². The van der Waals surface area contributed by atoms with Crippen molar-refractivity contribution in [2.45, 2.75) is 19.4 Å². The van der Waals surface area contributed by atoms with Crippen molar-refractivity contribution < 1.29 is 4.79 Å². The topological polar surface area (TPSA) is 41.5 Å². The molecule has 1 heterocycles. The number of hydrogen-bond donors (Lipinski definition) is 1. The Morgan fingerprint density at radius 3 is 2.88 bits per heavy atom. The predicted molar refractivity (Wildman–Crippen MR) is 67.1 cm³/mol. The number of amides is 1. The van der Waals surface area contributed by atoms with Crippen LogP contribution in [0.1, 0.15) is 22.3 Å². The van der Waals surface area contributed by atoms with Gasteiger partial charge in [0.1, 0.15) is 0 Å². The van der Waals surface area contributed by atoms with Crippen molar-refractivity contribution in [3.63, 3.8) is 0 Å². The third-order valence-corrected chi connectivity index (χ3v) is 3.26. The third-order valence-electron chi connectivity index (χ3n) is 3.26. The number of fused-ring (bicyclic) bond motifs is 1. The Bertz CT molecular complexity index is 514. The van der Waals surface area contributed by atoms with Crippen LogP contribution in [0.4, 0.5) is 0 Å². The summed E-state index contributed by atoms with van der Waals surface area (Å²) in [6.07, 6.45) is 4.76. The molecule has 17 heavy (non-hydrogen) atoms. The van der Waals surface area contributed by atoms with Gasteiger partial charge in [-0.3, -0.25) is 9.79 Å². The summed E-state index contributed by atoms with van der Waals surface area (Å²) in [7, 11) is 0. The second-order valence-corrected chi connectivity index (χ2v) is 4.65. The largest absolute Gasteiger partial charge is 0.325 e. The quantitative estimate of drug-likeness (QED) is 0.824. The molecule has 2 unspecified atom stereocenters. The minimum absolute atomic E-state index is 0.0304. The molecule has 1 amide bonds. The maximum atomic E-state index is 12.0. The lowest BCUT2D eigenvalue weighted by molar-refractivity contribution is 0.0964. The van der Waals surface area contributed by atoms with Gasteiger partial charge in [0, 0.05) is 23.4 Å². The molecule has 2 aliphatic rings. The van der Waals surface area contributed by atoms with Crippen molar-refractivity contribution in [1.29, 1.82) is 0 Å². The van der Waals surface area contributed by atoms with Crippen LogP contribution in [-0.2, 0) is 0 Å². The standard InChI is InChI=1S/C14H14N2O/c1-9-2-4-10(5-3-9)14(17)16-12-6-7-15-13-8-11(12)13/h2-7,11,13H,8H2,1H3,(H,16,17). The lowest BCUT2D eigenvalue weighted by Crippen LogP contribution is -2.25. The van der Waals surface area contributed by atoms with Gasteiger partial charge in [-0.15, -0.1) is 0 Å². The van der Waals surface area contributed by atoms with Crippen molar-refractivity contribution in [1.82, 2.24) is 5.32 Å². The van der Waals surface area contributed by atoms with Crippen molar-refractivity contribution in [3.05, 3.63) is 47.2 Å². The zero-order valence-electron chi connectivity index (χ0n) is 9.68. The van der Waals surface area contributed by atoms with Crippen LogP contribution in [0.15, 0.2) is 41.0 Å². The highest BCUT2D eigenvalue weighted by atomic mass is 16.1.